The van der Waals surface area contributed by atoms with Gasteiger partial charge in [0.1, 0.15) is 6.01 Å². The molecule has 0 bridgehead atoms. The molecule has 0 aliphatic heterocycles. The summed E-state index contributed by atoms with van der Waals surface area (Å²) in [5.41, 5.74) is 0. The number of hydrogen-bond acceptors (Lipinski definition) is 4. The molecular weight excluding hydrogens is 128 g/mol. The summed E-state index contributed by atoms with van der Waals surface area (Å²) in [4.78, 5) is 5.90. The lowest BCUT2D eigenvalue weighted by molar-refractivity contribution is 0.403. The van der Waals surface area contributed by atoms with Gasteiger partial charge in [-0.15, -0.1) is 5.10 Å². The van der Waals surface area contributed by atoms with Crippen molar-refractivity contribution >= 4 is 6.01 Å². The van der Waals surface area contributed by atoms with Gasteiger partial charge in [0.05, 0.1) is 6.54 Å². The standard InChI is InChI=1S/C6H14N4/c1-10(2)5-3-4-8-6-9-7/h3-5,7H2,1-2H3. The van der Waals surface area contributed by atoms with Crippen LogP contribution in [-0.4, -0.2) is 38.1 Å². The molecule has 0 saturated heterocycles. The average molecular weight is 142 g/mol. The van der Waals surface area contributed by atoms with Crippen molar-refractivity contribution in [1.29, 1.82) is 0 Å². The number of nitrogens with two attached hydrogens (primary N) is 1. The maximum atomic E-state index is 4.78. The first-order valence-corrected chi connectivity index (χ1v) is 3.23. The summed E-state index contributed by atoms with van der Waals surface area (Å²) in [6.45, 7) is 1.79. The molecule has 10 heavy (non-hydrogen) atoms. The van der Waals surface area contributed by atoms with Crippen LogP contribution in [-0.2, 0) is 0 Å². The van der Waals surface area contributed by atoms with E-state index >= 15 is 0 Å². The molecule has 0 amide bonds. The minimum Gasteiger partial charge on any atom is -0.314 e. The molecule has 0 aliphatic carbocycles. The van der Waals surface area contributed by atoms with E-state index in [-0.39, 0.29) is 0 Å². The molecule has 0 atom stereocenters. The van der Waals surface area contributed by atoms with Crippen LogP contribution in [0.25, 0.3) is 0 Å². The predicted molar refractivity (Wildman–Crippen MR) is 42.1 cm³/mol. The zero-order valence-electron chi connectivity index (χ0n) is 6.54. The van der Waals surface area contributed by atoms with E-state index in [4.69, 9.17) is 5.84 Å². The van der Waals surface area contributed by atoms with Gasteiger partial charge >= 0.3 is 0 Å². The van der Waals surface area contributed by atoms with E-state index in [1.165, 1.54) is 0 Å². The fourth-order valence-electron chi connectivity index (χ4n) is 0.557. The molecule has 0 spiro atoms. The highest BCUT2D eigenvalue weighted by atomic mass is 15.1. The summed E-state index contributed by atoms with van der Waals surface area (Å²) in [6.07, 6.45) is 1.02. The Morgan fingerprint density at radius 1 is 1.50 bits per heavy atom. The molecule has 0 unspecified atom stereocenters. The second-order valence-corrected chi connectivity index (χ2v) is 2.27. The Morgan fingerprint density at radius 2 is 2.20 bits per heavy atom. The van der Waals surface area contributed by atoms with E-state index in [2.05, 4.69) is 21.0 Å². The van der Waals surface area contributed by atoms with Crippen molar-refractivity contribution in [2.45, 2.75) is 6.42 Å². The molecular formula is C6H14N4. The molecule has 2 N–H and O–H groups in total. The SMILES string of the molecule is CN(C)CCCN=C=NN. The first kappa shape index (κ1) is 9.14. The van der Waals surface area contributed by atoms with Gasteiger partial charge in [0.2, 0.25) is 0 Å². The lowest BCUT2D eigenvalue weighted by Crippen LogP contribution is -2.13. The highest BCUT2D eigenvalue weighted by molar-refractivity contribution is 5.40. The fourth-order valence-corrected chi connectivity index (χ4v) is 0.557. The number of hydrazone groups is 1. The van der Waals surface area contributed by atoms with Crippen LogP contribution in [0.1, 0.15) is 6.42 Å². The minimum absolute atomic E-state index is 0.749. The van der Waals surface area contributed by atoms with Crippen LogP contribution >= 0.6 is 0 Å². The summed E-state index contributed by atoms with van der Waals surface area (Å²) >= 11 is 0. The van der Waals surface area contributed by atoms with Crippen molar-refractivity contribution < 1.29 is 0 Å². The van der Waals surface area contributed by atoms with Gasteiger partial charge in [-0.1, -0.05) is 0 Å². The third-order valence-corrected chi connectivity index (χ3v) is 1.00. The molecule has 0 aromatic carbocycles. The number of rotatable bonds is 4. The molecule has 0 rings (SSSR count). The summed E-state index contributed by atoms with van der Waals surface area (Å²) in [7, 11) is 4.06. The zero-order chi connectivity index (χ0) is 7.82. The topological polar surface area (TPSA) is 54.0 Å². The van der Waals surface area contributed by atoms with Crippen LogP contribution in [0.4, 0.5) is 0 Å². The van der Waals surface area contributed by atoms with Crippen molar-refractivity contribution in [1.82, 2.24) is 4.90 Å². The van der Waals surface area contributed by atoms with Gasteiger partial charge < -0.3 is 10.7 Å². The number of aliphatic imine (C=N–C) groups is 1. The van der Waals surface area contributed by atoms with Crippen molar-refractivity contribution in [3.05, 3.63) is 0 Å². The van der Waals surface area contributed by atoms with E-state index in [0.717, 1.165) is 19.5 Å². The Morgan fingerprint density at radius 3 is 2.70 bits per heavy atom. The van der Waals surface area contributed by atoms with Crippen molar-refractivity contribution in [3.8, 4) is 0 Å². The highest BCUT2D eigenvalue weighted by Gasteiger charge is 1.86. The van der Waals surface area contributed by atoms with Gasteiger partial charge in [0.25, 0.3) is 0 Å². The molecule has 0 aliphatic rings. The Balaban J connectivity index is 3.13. The van der Waals surface area contributed by atoms with Crippen LogP contribution in [0.3, 0.4) is 0 Å². The number of hydrogen-bond donors (Lipinski definition) is 1. The van der Waals surface area contributed by atoms with Crippen LogP contribution in [0.15, 0.2) is 10.1 Å². The van der Waals surface area contributed by atoms with E-state index in [1.54, 1.807) is 0 Å². The van der Waals surface area contributed by atoms with Crippen LogP contribution in [0.5, 0.6) is 0 Å². The fraction of sp³-hybridized carbons (Fsp3) is 0.833. The summed E-state index contributed by atoms with van der Waals surface area (Å²) < 4.78 is 0. The van der Waals surface area contributed by atoms with Crippen molar-refractivity contribution in [2.24, 2.45) is 15.9 Å². The second kappa shape index (κ2) is 6.26. The van der Waals surface area contributed by atoms with Gasteiger partial charge in [0, 0.05) is 0 Å². The lowest BCUT2D eigenvalue weighted by atomic mass is 10.4. The van der Waals surface area contributed by atoms with Gasteiger partial charge in [-0.25, -0.2) is 4.99 Å². The molecule has 4 heteroatoms. The average Bonchev–Trinajstić information content (AvgIpc) is 1.87. The highest BCUT2D eigenvalue weighted by Crippen LogP contribution is 1.82. The molecule has 4 nitrogen and oxygen atoms in total. The molecule has 0 saturated carbocycles. The zero-order valence-corrected chi connectivity index (χ0v) is 6.54. The maximum Gasteiger partial charge on any atom is 0.114 e. The van der Waals surface area contributed by atoms with E-state index in [1.807, 2.05) is 14.1 Å². The largest absolute Gasteiger partial charge is 0.314 e. The Bertz CT molecular complexity index is 124. The first-order valence-electron chi connectivity index (χ1n) is 3.23. The Hall–Kier alpha value is -0.860. The second-order valence-electron chi connectivity index (χ2n) is 2.27. The molecule has 58 valence electrons. The smallest absolute Gasteiger partial charge is 0.114 e. The summed E-state index contributed by atoms with van der Waals surface area (Å²) in [6, 6.07) is 2.33. The summed E-state index contributed by atoms with van der Waals surface area (Å²) in [5, 5.41) is 3.12. The molecule has 0 heterocycles. The Kier molecular flexibility index (Phi) is 5.72. The first-order chi connectivity index (χ1) is 4.77. The van der Waals surface area contributed by atoms with E-state index < -0.39 is 0 Å². The Labute approximate surface area is 61.4 Å². The van der Waals surface area contributed by atoms with Crippen LogP contribution in [0, 0.1) is 0 Å². The molecule has 0 radical (unpaired) electrons. The molecule has 0 aromatic heterocycles. The normalized spacial score (nSPS) is 9.10. The predicted octanol–water partition coefficient (Wildman–Crippen LogP) is -0.0143. The van der Waals surface area contributed by atoms with Crippen LogP contribution < -0.4 is 5.84 Å². The summed E-state index contributed by atoms with van der Waals surface area (Å²) in [5.74, 6) is 4.78. The van der Waals surface area contributed by atoms with Gasteiger partial charge in [-0.3, -0.25) is 0 Å². The van der Waals surface area contributed by atoms with E-state index in [9.17, 15) is 0 Å². The number of nitrogens with zero attached hydrogens (tertiary/aromatic N) is 3. The quantitative estimate of drug-likeness (QED) is 0.260. The minimum atomic E-state index is 0.749. The third-order valence-electron chi connectivity index (χ3n) is 1.00. The lowest BCUT2D eigenvalue weighted by Gasteiger charge is -2.05. The van der Waals surface area contributed by atoms with Gasteiger partial charge in [-0.05, 0) is 27.1 Å². The molecule has 0 fully saturated rings. The van der Waals surface area contributed by atoms with Crippen LogP contribution in [0.2, 0.25) is 0 Å². The van der Waals surface area contributed by atoms with Crippen molar-refractivity contribution in [2.75, 3.05) is 27.2 Å². The van der Waals surface area contributed by atoms with Gasteiger partial charge in [0.15, 0.2) is 0 Å². The van der Waals surface area contributed by atoms with E-state index in [0.29, 0.717) is 0 Å². The monoisotopic (exact) mass is 142 g/mol. The van der Waals surface area contributed by atoms with Gasteiger partial charge in [-0.2, -0.15) is 0 Å². The molecule has 0 aromatic rings. The maximum absolute atomic E-state index is 4.78. The third kappa shape index (κ3) is 7.14. The van der Waals surface area contributed by atoms with Crippen molar-refractivity contribution in [3.63, 3.8) is 0 Å².